The molecule has 3 heteroatoms. The second kappa shape index (κ2) is 6.55. The van der Waals surface area contributed by atoms with Crippen molar-refractivity contribution in [1.82, 2.24) is 10.2 Å². The fourth-order valence-electron chi connectivity index (χ4n) is 3.86. The van der Waals surface area contributed by atoms with Gasteiger partial charge in [0.25, 0.3) is 0 Å². The summed E-state index contributed by atoms with van der Waals surface area (Å²) < 4.78 is 5.82. The molecular formula is C16H30N2O. The number of fused-ring (bicyclic) bond motifs is 2. The van der Waals surface area contributed by atoms with Gasteiger partial charge in [-0.3, -0.25) is 4.90 Å². The van der Waals surface area contributed by atoms with Gasteiger partial charge in [0.05, 0.1) is 6.61 Å². The molecule has 3 nitrogen and oxygen atoms in total. The largest absolute Gasteiger partial charge is 0.380 e. The van der Waals surface area contributed by atoms with Crippen LogP contribution >= 0.6 is 0 Å². The molecule has 3 rings (SSSR count). The van der Waals surface area contributed by atoms with Crippen LogP contribution in [0.3, 0.4) is 0 Å². The van der Waals surface area contributed by atoms with Crippen molar-refractivity contribution in [1.29, 1.82) is 0 Å². The van der Waals surface area contributed by atoms with Crippen molar-refractivity contribution < 1.29 is 4.74 Å². The third-order valence-corrected chi connectivity index (χ3v) is 5.11. The number of rotatable bonds is 8. The maximum Gasteiger partial charge on any atom is 0.0593 e. The molecule has 1 saturated carbocycles. The van der Waals surface area contributed by atoms with Crippen LogP contribution in [0.25, 0.3) is 0 Å². The monoisotopic (exact) mass is 266 g/mol. The number of nitrogens with one attached hydrogen (secondary N) is 1. The molecule has 0 amide bonds. The summed E-state index contributed by atoms with van der Waals surface area (Å²) in [6, 6.07) is 2.44. The summed E-state index contributed by atoms with van der Waals surface area (Å²) in [6.45, 7) is 6.59. The second-order valence-electron chi connectivity index (χ2n) is 6.76. The number of hydrogen-bond acceptors (Lipinski definition) is 3. The molecule has 3 aliphatic rings. The van der Waals surface area contributed by atoms with Crippen LogP contribution in [-0.2, 0) is 4.74 Å². The minimum absolute atomic E-state index is 0.779. The number of ether oxygens (including phenoxy) is 1. The molecule has 1 aliphatic carbocycles. The van der Waals surface area contributed by atoms with Crippen LogP contribution in [0.15, 0.2) is 0 Å². The Labute approximate surface area is 118 Å². The van der Waals surface area contributed by atoms with Crippen LogP contribution in [0.2, 0.25) is 0 Å². The third kappa shape index (κ3) is 3.71. The van der Waals surface area contributed by atoms with Crippen molar-refractivity contribution in [3.05, 3.63) is 0 Å². The van der Waals surface area contributed by atoms with Crippen LogP contribution in [0.5, 0.6) is 0 Å². The second-order valence-corrected chi connectivity index (χ2v) is 6.76. The molecule has 0 aromatic heterocycles. The molecule has 0 spiro atoms. The van der Waals surface area contributed by atoms with Gasteiger partial charge >= 0.3 is 0 Å². The maximum absolute atomic E-state index is 5.82. The molecule has 2 aliphatic heterocycles. The van der Waals surface area contributed by atoms with E-state index < -0.39 is 0 Å². The number of nitrogens with zero attached hydrogens (tertiary/aromatic N) is 1. The third-order valence-electron chi connectivity index (χ3n) is 5.11. The fraction of sp³-hybridized carbons (Fsp3) is 1.00. The molecule has 110 valence electrons. The van der Waals surface area contributed by atoms with E-state index >= 15 is 0 Å². The zero-order valence-corrected chi connectivity index (χ0v) is 12.4. The van der Waals surface area contributed by atoms with Gasteiger partial charge in [-0.25, -0.2) is 0 Å². The molecule has 2 saturated heterocycles. The highest BCUT2D eigenvalue weighted by molar-refractivity contribution is 4.97. The zero-order chi connectivity index (χ0) is 13.1. The van der Waals surface area contributed by atoms with Gasteiger partial charge < -0.3 is 10.1 Å². The molecule has 0 aromatic rings. The lowest BCUT2D eigenvalue weighted by Crippen LogP contribution is -2.50. The molecule has 0 radical (unpaired) electrons. The van der Waals surface area contributed by atoms with Crippen molar-refractivity contribution in [2.24, 2.45) is 5.92 Å². The first-order chi connectivity index (χ1) is 9.36. The molecule has 2 heterocycles. The van der Waals surface area contributed by atoms with Crippen LogP contribution in [-0.4, -0.2) is 49.3 Å². The van der Waals surface area contributed by atoms with Gasteiger partial charge in [-0.15, -0.1) is 0 Å². The number of piperidine rings is 1. The molecule has 2 unspecified atom stereocenters. The van der Waals surface area contributed by atoms with Crippen molar-refractivity contribution in [3.63, 3.8) is 0 Å². The molecule has 19 heavy (non-hydrogen) atoms. The van der Waals surface area contributed by atoms with E-state index in [1.807, 2.05) is 0 Å². The molecule has 1 N–H and O–H groups in total. The number of hydrogen-bond donors (Lipinski definition) is 1. The van der Waals surface area contributed by atoms with Crippen molar-refractivity contribution >= 4 is 0 Å². The van der Waals surface area contributed by atoms with E-state index in [2.05, 4.69) is 17.1 Å². The van der Waals surface area contributed by atoms with Crippen LogP contribution < -0.4 is 5.32 Å². The molecule has 2 atom stereocenters. The minimum Gasteiger partial charge on any atom is -0.380 e. The standard InChI is InChI=1S/C16H30N2O/c1-2-7-17-14-10-15-5-6-16(11-14)18(15)8-9-19-12-13-3-4-13/h13-17H,2-12H2,1H3. The normalized spacial score (nSPS) is 34.9. The summed E-state index contributed by atoms with van der Waals surface area (Å²) >= 11 is 0. The van der Waals surface area contributed by atoms with Crippen LogP contribution in [0.1, 0.15) is 51.9 Å². The first-order valence-electron chi connectivity index (χ1n) is 8.43. The lowest BCUT2D eigenvalue weighted by atomic mass is 9.97. The summed E-state index contributed by atoms with van der Waals surface area (Å²) in [5.41, 5.74) is 0. The van der Waals surface area contributed by atoms with E-state index in [0.717, 1.165) is 37.3 Å². The van der Waals surface area contributed by atoms with Crippen molar-refractivity contribution in [3.8, 4) is 0 Å². The lowest BCUT2D eigenvalue weighted by Gasteiger charge is -2.39. The Morgan fingerprint density at radius 1 is 1.11 bits per heavy atom. The highest BCUT2D eigenvalue weighted by Crippen LogP contribution is 2.35. The summed E-state index contributed by atoms with van der Waals surface area (Å²) in [6.07, 6.45) is 9.61. The van der Waals surface area contributed by atoms with Gasteiger partial charge in [-0.1, -0.05) is 6.92 Å². The van der Waals surface area contributed by atoms with E-state index in [-0.39, 0.29) is 0 Å². The summed E-state index contributed by atoms with van der Waals surface area (Å²) in [7, 11) is 0. The fourth-order valence-corrected chi connectivity index (χ4v) is 3.86. The van der Waals surface area contributed by atoms with Gasteiger partial charge in [-0.2, -0.15) is 0 Å². The van der Waals surface area contributed by atoms with E-state index in [9.17, 15) is 0 Å². The smallest absolute Gasteiger partial charge is 0.0593 e. The lowest BCUT2D eigenvalue weighted by molar-refractivity contribution is 0.0552. The Morgan fingerprint density at radius 2 is 1.84 bits per heavy atom. The summed E-state index contributed by atoms with van der Waals surface area (Å²) in [5.74, 6) is 0.903. The van der Waals surface area contributed by atoms with Crippen LogP contribution in [0, 0.1) is 5.92 Å². The quantitative estimate of drug-likeness (QED) is 0.683. The van der Waals surface area contributed by atoms with E-state index in [0.29, 0.717) is 0 Å². The first kappa shape index (κ1) is 13.8. The molecular weight excluding hydrogens is 236 g/mol. The average molecular weight is 266 g/mol. The van der Waals surface area contributed by atoms with E-state index in [4.69, 9.17) is 4.74 Å². The first-order valence-corrected chi connectivity index (χ1v) is 8.43. The van der Waals surface area contributed by atoms with Gasteiger partial charge in [0.2, 0.25) is 0 Å². The minimum atomic E-state index is 0.779. The Morgan fingerprint density at radius 3 is 2.47 bits per heavy atom. The van der Waals surface area contributed by atoms with E-state index in [1.165, 1.54) is 58.0 Å². The SMILES string of the molecule is CCCNC1CC2CCC(C1)N2CCOCC1CC1. The van der Waals surface area contributed by atoms with Crippen molar-refractivity contribution in [2.75, 3.05) is 26.3 Å². The maximum atomic E-state index is 5.82. The van der Waals surface area contributed by atoms with Crippen molar-refractivity contribution in [2.45, 2.75) is 70.0 Å². The predicted octanol–water partition coefficient (Wildman–Crippen LogP) is 2.41. The van der Waals surface area contributed by atoms with Gasteiger partial charge in [0, 0.05) is 31.3 Å². The summed E-state index contributed by atoms with van der Waals surface area (Å²) in [4.78, 5) is 2.75. The Hall–Kier alpha value is -0.120. The summed E-state index contributed by atoms with van der Waals surface area (Å²) in [5, 5.41) is 3.73. The molecule has 3 fully saturated rings. The highest BCUT2D eigenvalue weighted by Gasteiger charge is 2.39. The van der Waals surface area contributed by atoms with E-state index in [1.54, 1.807) is 0 Å². The Kier molecular flexibility index (Phi) is 4.78. The zero-order valence-electron chi connectivity index (χ0n) is 12.4. The topological polar surface area (TPSA) is 24.5 Å². The molecule has 0 aromatic carbocycles. The Balaban J connectivity index is 1.38. The molecule has 2 bridgehead atoms. The Bertz CT molecular complexity index is 266. The highest BCUT2D eigenvalue weighted by atomic mass is 16.5. The van der Waals surface area contributed by atoms with Gasteiger partial charge in [0.15, 0.2) is 0 Å². The van der Waals surface area contributed by atoms with Crippen LogP contribution in [0.4, 0.5) is 0 Å². The van der Waals surface area contributed by atoms with Gasteiger partial charge in [0.1, 0.15) is 0 Å². The predicted molar refractivity (Wildman–Crippen MR) is 78.4 cm³/mol. The average Bonchev–Trinajstić information content (AvgIpc) is 3.20. The van der Waals surface area contributed by atoms with Gasteiger partial charge in [-0.05, 0) is 57.4 Å².